The predicted octanol–water partition coefficient (Wildman–Crippen LogP) is 2.67. The van der Waals surface area contributed by atoms with Crippen LogP contribution in [-0.4, -0.2) is 54.8 Å². The van der Waals surface area contributed by atoms with E-state index in [0.29, 0.717) is 32.6 Å². The number of aryl methyl sites for hydroxylation is 2. The maximum Gasteiger partial charge on any atom is 0.314 e. The number of carboxylic acids is 1. The number of benzene rings is 1. The minimum atomic E-state index is -0.917. The number of hydrogen-bond acceptors (Lipinski definition) is 4. The van der Waals surface area contributed by atoms with Crippen molar-refractivity contribution in [2.45, 2.75) is 39.5 Å². The lowest BCUT2D eigenvalue weighted by Gasteiger charge is -2.33. The molecule has 2 fully saturated rings. The van der Waals surface area contributed by atoms with Crippen molar-refractivity contribution in [3.63, 3.8) is 0 Å². The van der Waals surface area contributed by atoms with Crippen LogP contribution in [0.3, 0.4) is 0 Å². The Labute approximate surface area is 160 Å². The van der Waals surface area contributed by atoms with Crippen LogP contribution in [-0.2, 0) is 20.7 Å². The maximum absolute atomic E-state index is 12.6. The number of hydrogen-bond donors (Lipinski definition) is 1. The van der Waals surface area contributed by atoms with E-state index in [-0.39, 0.29) is 25.0 Å². The minimum absolute atomic E-state index is 0.00135. The molecule has 0 saturated carbocycles. The largest absolute Gasteiger partial charge is 0.494 e. The van der Waals surface area contributed by atoms with Crippen molar-refractivity contribution >= 4 is 11.9 Å². The fourth-order valence-electron chi connectivity index (χ4n) is 4.27. The molecule has 27 heavy (non-hydrogen) atoms. The van der Waals surface area contributed by atoms with Gasteiger partial charge in [-0.05, 0) is 56.2 Å². The Hall–Kier alpha value is -2.08. The first-order valence-electron chi connectivity index (χ1n) is 9.77. The van der Waals surface area contributed by atoms with Gasteiger partial charge in [-0.15, -0.1) is 0 Å². The van der Waals surface area contributed by atoms with Crippen molar-refractivity contribution in [1.82, 2.24) is 4.90 Å². The summed E-state index contributed by atoms with van der Waals surface area (Å²) in [5, 5.41) is 9.68. The Morgan fingerprint density at radius 2 is 2.22 bits per heavy atom. The third-order valence-electron chi connectivity index (χ3n) is 5.84. The second kappa shape index (κ2) is 8.30. The summed E-state index contributed by atoms with van der Waals surface area (Å²) >= 11 is 0. The first-order valence-corrected chi connectivity index (χ1v) is 9.77. The Kier molecular flexibility index (Phi) is 6.05. The zero-order chi connectivity index (χ0) is 19.4. The number of rotatable bonds is 7. The average molecular weight is 375 g/mol. The molecule has 148 valence electrons. The minimum Gasteiger partial charge on any atom is -0.494 e. The van der Waals surface area contributed by atoms with Gasteiger partial charge in [-0.2, -0.15) is 0 Å². The van der Waals surface area contributed by atoms with Gasteiger partial charge in [0.25, 0.3) is 0 Å². The zero-order valence-electron chi connectivity index (χ0n) is 16.2. The van der Waals surface area contributed by atoms with Crippen LogP contribution in [0, 0.1) is 18.3 Å². The molecule has 0 aromatic heterocycles. The summed E-state index contributed by atoms with van der Waals surface area (Å²) < 4.78 is 11.0. The normalized spacial score (nSPS) is 24.5. The second-order valence-electron chi connectivity index (χ2n) is 7.66. The molecule has 0 bridgehead atoms. The van der Waals surface area contributed by atoms with Crippen LogP contribution in [0.1, 0.15) is 37.3 Å². The van der Waals surface area contributed by atoms with Crippen LogP contribution >= 0.6 is 0 Å². The van der Waals surface area contributed by atoms with E-state index < -0.39 is 11.4 Å². The standard InChI is InChI=1S/C21H29NO5/c1-3-27-18-8-7-16(11-15(18)2)5-4-6-19(23)22-12-17-9-10-26-14-21(17,13-22)20(24)25/h7-8,11,17H,3-6,9-10,12-14H2,1-2H3,(H,24,25)/t17-,21+/m0/s1. The van der Waals surface area contributed by atoms with Gasteiger partial charge in [0.2, 0.25) is 5.91 Å². The van der Waals surface area contributed by atoms with Crippen molar-refractivity contribution < 1.29 is 24.2 Å². The highest BCUT2D eigenvalue weighted by Crippen LogP contribution is 2.41. The number of likely N-dealkylation sites (tertiary alicyclic amines) is 1. The number of fused-ring (bicyclic) bond motifs is 1. The van der Waals surface area contributed by atoms with Gasteiger partial charge in [-0.25, -0.2) is 0 Å². The van der Waals surface area contributed by atoms with Gasteiger partial charge < -0.3 is 19.5 Å². The Balaban J connectivity index is 1.53. The van der Waals surface area contributed by atoms with E-state index in [1.807, 2.05) is 26.0 Å². The molecule has 1 N–H and O–H groups in total. The van der Waals surface area contributed by atoms with Crippen LogP contribution < -0.4 is 4.74 Å². The van der Waals surface area contributed by atoms with Crippen LogP contribution in [0.5, 0.6) is 5.75 Å². The van der Waals surface area contributed by atoms with E-state index in [9.17, 15) is 14.7 Å². The number of carbonyl (C=O) groups is 2. The summed E-state index contributed by atoms with van der Waals surface area (Å²) in [6.45, 7) is 6.24. The molecule has 0 radical (unpaired) electrons. The van der Waals surface area contributed by atoms with Crippen molar-refractivity contribution in [3.05, 3.63) is 29.3 Å². The highest BCUT2D eigenvalue weighted by atomic mass is 16.5. The summed E-state index contributed by atoms with van der Waals surface area (Å²) in [6.07, 6.45) is 2.73. The molecule has 0 unspecified atom stereocenters. The SMILES string of the molecule is CCOc1ccc(CCCC(=O)N2C[C@@H]3CCOC[C@]3(C(=O)O)C2)cc1C. The van der Waals surface area contributed by atoms with E-state index in [1.165, 1.54) is 5.56 Å². The molecule has 2 aliphatic heterocycles. The molecule has 1 aromatic rings. The van der Waals surface area contributed by atoms with Crippen LogP contribution in [0.25, 0.3) is 0 Å². The fraction of sp³-hybridized carbons (Fsp3) is 0.619. The number of ether oxygens (including phenoxy) is 2. The smallest absolute Gasteiger partial charge is 0.314 e. The molecule has 2 saturated heterocycles. The molecule has 6 heteroatoms. The molecule has 0 spiro atoms. The lowest BCUT2D eigenvalue weighted by atomic mass is 9.76. The third-order valence-corrected chi connectivity index (χ3v) is 5.84. The van der Waals surface area contributed by atoms with Gasteiger partial charge in [0, 0.05) is 26.1 Å². The Bertz CT molecular complexity index is 704. The Morgan fingerprint density at radius 1 is 1.41 bits per heavy atom. The summed E-state index contributed by atoms with van der Waals surface area (Å²) in [7, 11) is 0. The van der Waals surface area contributed by atoms with E-state index in [1.54, 1.807) is 4.90 Å². The highest BCUT2D eigenvalue weighted by Gasteiger charge is 2.54. The van der Waals surface area contributed by atoms with Gasteiger partial charge in [-0.1, -0.05) is 12.1 Å². The molecule has 2 atom stereocenters. The van der Waals surface area contributed by atoms with E-state index in [2.05, 4.69) is 6.07 Å². The molecular weight excluding hydrogens is 346 g/mol. The summed E-state index contributed by atoms with van der Waals surface area (Å²) in [5.41, 5.74) is 1.38. The number of aliphatic carboxylic acids is 1. The van der Waals surface area contributed by atoms with E-state index >= 15 is 0 Å². The zero-order valence-corrected chi connectivity index (χ0v) is 16.2. The maximum atomic E-state index is 12.6. The topological polar surface area (TPSA) is 76.1 Å². The van der Waals surface area contributed by atoms with Crippen LogP contribution in [0.2, 0.25) is 0 Å². The lowest BCUT2D eigenvalue weighted by molar-refractivity contribution is -0.159. The molecule has 1 amide bonds. The summed E-state index contributed by atoms with van der Waals surface area (Å²) in [5.74, 6) is 0.111. The van der Waals surface area contributed by atoms with Gasteiger partial charge in [0.05, 0.1) is 13.2 Å². The average Bonchev–Trinajstić information content (AvgIpc) is 3.05. The van der Waals surface area contributed by atoms with Gasteiger partial charge >= 0.3 is 5.97 Å². The van der Waals surface area contributed by atoms with Gasteiger partial charge in [-0.3, -0.25) is 9.59 Å². The molecule has 0 aliphatic carbocycles. The number of amides is 1. The molecule has 2 aliphatic rings. The van der Waals surface area contributed by atoms with Crippen molar-refractivity contribution in [1.29, 1.82) is 0 Å². The van der Waals surface area contributed by atoms with Gasteiger partial charge in [0.15, 0.2) is 0 Å². The number of nitrogens with zero attached hydrogens (tertiary/aromatic N) is 1. The highest BCUT2D eigenvalue weighted by molar-refractivity contribution is 5.81. The summed E-state index contributed by atoms with van der Waals surface area (Å²) in [4.78, 5) is 26.2. The van der Waals surface area contributed by atoms with Crippen molar-refractivity contribution in [3.8, 4) is 5.75 Å². The molecule has 3 rings (SSSR count). The second-order valence-corrected chi connectivity index (χ2v) is 7.66. The molecular formula is C21H29NO5. The van der Waals surface area contributed by atoms with Crippen molar-refractivity contribution in [2.24, 2.45) is 11.3 Å². The molecule has 1 aromatic carbocycles. The monoisotopic (exact) mass is 375 g/mol. The van der Waals surface area contributed by atoms with E-state index in [4.69, 9.17) is 9.47 Å². The lowest BCUT2D eigenvalue weighted by Crippen LogP contribution is -2.46. The summed E-state index contributed by atoms with van der Waals surface area (Å²) in [6, 6.07) is 6.14. The first kappa shape index (κ1) is 19.7. The first-order chi connectivity index (χ1) is 13.0. The third kappa shape index (κ3) is 4.10. The van der Waals surface area contributed by atoms with Crippen molar-refractivity contribution in [2.75, 3.05) is 32.9 Å². The number of carboxylic acid groups (broad SMARTS) is 1. The fourth-order valence-corrected chi connectivity index (χ4v) is 4.27. The van der Waals surface area contributed by atoms with Crippen LogP contribution in [0.15, 0.2) is 18.2 Å². The van der Waals surface area contributed by atoms with Gasteiger partial charge in [0.1, 0.15) is 11.2 Å². The molecule has 2 heterocycles. The van der Waals surface area contributed by atoms with Crippen LogP contribution in [0.4, 0.5) is 0 Å². The predicted molar refractivity (Wildman–Crippen MR) is 101 cm³/mol. The number of carbonyl (C=O) groups excluding carboxylic acids is 1. The van der Waals surface area contributed by atoms with E-state index in [0.717, 1.165) is 24.2 Å². The molecule has 6 nitrogen and oxygen atoms in total. The Morgan fingerprint density at radius 3 is 2.89 bits per heavy atom. The quantitative estimate of drug-likeness (QED) is 0.793.